The lowest BCUT2D eigenvalue weighted by molar-refractivity contribution is -0.163. The monoisotopic (exact) mass is 460 g/mol. The topological polar surface area (TPSA) is 75.6 Å². The Morgan fingerprint density at radius 2 is 1.03 bits per heavy atom. The summed E-state index contributed by atoms with van der Waals surface area (Å²) in [6, 6.07) is 0. The Hall–Kier alpha value is -0.280. The van der Waals surface area contributed by atoms with Crippen LogP contribution < -0.4 is 0 Å². The van der Waals surface area contributed by atoms with Gasteiger partial charge in [-0.2, -0.15) is 0 Å². The minimum absolute atomic E-state index is 0.0249. The molecule has 0 aromatic heterocycles. The molecule has 0 bridgehead atoms. The molecule has 0 radical (unpaired) electrons. The first-order valence-electron chi connectivity index (χ1n) is 13.1. The molecule has 2 saturated heterocycles. The lowest BCUT2D eigenvalue weighted by Gasteiger charge is -2.22. The van der Waals surface area contributed by atoms with Gasteiger partial charge in [0.05, 0.1) is 13.2 Å². The van der Waals surface area contributed by atoms with Crippen LogP contribution in [-0.4, -0.2) is 76.6 Å². The van der Waals surface area contributed by atoms with Crippen molar-refractivity contribution in [3.8, 4) is 0 Å². The highest BCUT2D eigenvalue weighted by Gasteiger charge is 2.14. The summed E-state index contributed by atoms with van der Waals surface area (Å²) in [6.07, 6.45) is 15.0. The maximum atomic E-state index is 9.94. The van der Waals surface area contributed by atoms with Crippen molar-refractivity contribution in [3.05, 3.63) is 0 Å². The van der Waals surface area contributed by atoms with Gasteiger partial charge in [0, 0.05) is 39.6 Å². The van der Waals surface area contributed by atoms with Gasteiger partial charge in [-0.05, 0) is 64.2 Å². The van der Waals surface area contributed by atoms with Gasteiger partial charge in [-0.3, -0.25) is 0 Å². The number of aliphatic hydroxyl groups excluding tert-OH is 1. The Balaban J connectivity index is 1.23. The van der Waals surface area contributed by atoms with Crippen LogP contribution >= 0.6 is 0 Å². The summed E-state index contributed by atoms with van der Waals surface area (Å²) in [7, 11) is 0. The van der Waals surface area contributed by atoms with E-state index in [9.17, 15) is 5.11 Å². The van der Waals surface area contributed by atoms with E-state index in [2.05, 4.69) is 0 Å². The van der Waals surface area contributed by atoms with Crippen molar-refractivity contribution in [2.75, 3.05) is 52.9 Å². The number of aliphatic hydroxyl groups is 1. The van der Waals surface area contributed by atoms with Crippen molar-refractivity contribution in [2.45, 2.75) is 109 Å². The average molecular weight is 461 g/mol. The fourth-order valence-electron chi connectivity index (χ4n) is 3.92. The predicted molar refractivity (Wildman–Crippen MR) is 124 cm³/mol. The van der Waals surface area contributed by atoms with Gasteiger partial charge in [0.2, 0.25) is 0 Å². The van der Waals surface area contributed by atoms with E-state index in [4.69, 9.17) is 28.4 Å². The molecule has 0 amide bonds. The van der Waals surface area contributed by atoms with Gasteiger partial charge < -0.3 is 33.5 Å². The molecule has 2 unspecified atom stereocenters. The van der Waals surface area contributed by atoms with E-state index < -0.39 is 6.10 Å². The van der Waals surface area contributed by atoms with Crippen molar-refractivity contribution in [3.63, 3.8) is 0 Å². The molecule has 2 atom stereocenters. The van der Waals surface area contributed by atoms with E-state index in [1.807, 2.05) is 0 Å². The quantitative estimate of drug-likeness (QED) is 0.266. The Morgan fingerprint density at radius 3 is 1.44 bits per heavy atom. The predicted octanol–water partition coefficient (Wildman–Crippen LogP) is 4.59. The first-order valence-corrected chi connectivity index (χ1v) is 13.1. The molecule has 0 spiro atoms. The van der Waals surface area contributed by atoms with Crippen LogP contribution in [0.1, 0.15) is 89.9 Å². The average Bonchev–Trinajstić information content (AvgIpc) is 2.83. The van der Waals surface area contributed by atoms with Crippen LogP contribution in [-0.2, 0) is 28.4 Å². The molecule has 190 valence electrons. The Labute approximate surface area is 195 Å². The Bertz CT molecular complexity index is 362. The van der Waals surface area contributed by atoms with Crippen molar-refractivity contribution in [2.24, 2.45) is 0 Å². The van der Waals surface area contributed by atoms with Crippen LogP contribution in [0.5, 0.6) is 0 Å². The summed E-state index contributed by atoms with van der Waals surface area (Å²) in [5, 5.41) is 9.94. The van der Waals surface area contributed by atoms with Gasteiger partial charge >= 0.3 is 0 Å². The summed E-state index contributed by atoms with van der Waals surface area (Å²) in [5.74, 6) is 0. The molecular formula is C25H48O7. The van der Waals surface area contributed by atoms with Crippen LogP contribution in [0.4, 0.5) is 0 Å². The normalized spacial score (nSPS) is 22.8. The highest BCUT2D eigenvalue weighted by Crippen LogP contribution is 2.15. The third-order valence-electron chi connectivity index (χ3n) is 5.87. The number of hydrogen-bond donors (Lipinski definition) is 1. The van der Waals surface area contributed by atoms with Crippen LogP contribution in [0.15, 0.2) is 0 Å². The smallest absolute Gasteiger partial charge is 0.157 e. The highest BCUT2D eigenvalue weighted by atomic mass is 16.7. The molecule has 2 heterocycles. The summed E-state index contributed by atoms with van der Waals surface area (Å²) in [4.78, 5) is 0. The van der Waals surface area contributed by atoms with Gasteiger partial charge in [-0.25, -0.2) is 0 Å². The zero-order chi connectivity index (χ0) is 22.5. The third kappa shape index (κ3) is 15.5. The molecule has 2 rings (SSSR count). The van der Waals surface area contributed by atoms with Crippen molar-refractivity contribution < 1.29 is 33.5 Å². The number of unbranched alkanes of at least 4 members (excludes halogenated alkanes) is 6. The van der Waals surface area contributed by atoms with E-state index in [0.29, 0.717) is 26.4 Å². The number of ether oxygens (including phenoxy) is 6. The lowest BCUT2D eigenvalue weighted by atomic mass is 10.2. The SMILES string of the molecule is OC(COCCCCCCOC1CCCCO1)COCCCCCCOC1CCCCO1. The van der Waals surface area contributed by atoms with Crippen molar-refractivity contribution in [1.29, 1.82) is 0 Å². The molecule has 2 aliphatic heterocycles. The van der Waals surface area contributed by atoms with Crippen LogP contribution in [0.3, 0.4) is 0 Å². The van der Waals surface area contributed by atoms with Gasteiger partial charge in [0.1, 0.15) is 6.10 Å². The highest BCUT2D eigenvalue weighted by molar-refractivity contribution is 4.56. The van der Waals surface area contributed by atoms with Gasteiger partial charge in [-0.1, -0.05) is 25.7 Å². The van der Waals surface area contributed by atoms with Crippen LogP contribution in [0.25, 0.3) is 0 Å². The van der Waals surface area contributed by atoms with Gasteiger partial charge in [-0.15, -0.1) is 0 Å². The summed E-state index contributed by atoms with van der Waals surface area (Å²) in [6.45, 7) is 5.33. The van der Waals surface area contributed by atoms with E-state index in [1.165, 1.54) is 12.8 Å². The van der Waals surface area contributed by atoms with E-state index in [-0.39, 0.29) is 12.6 Å². The van der Waals surface area contributed by atoms with Crippen molar-refractivity contribution in [1.82, 2.24) is 0 Å². The number of rotatable bonds is 20. The fourth-order valence-corrected chi connectivity index (χ4v) is 3.92. The number of hydrogen-bond acceptors (Lipinski definition) is 7. The van der Waals surface area contributed by atoms with Gasteiger partial charge in [0.15, 0.2) is 12.6 Å². The minimum atomic E-state index is -0.539. The summed E-state index contributed by atoms with van der Waals surface area (Å²) < 4.78 is 33.7. The second-order valence-electron chi connectivity index (χ2n) is 8.97. The van der Waals surface area contributed by atoms with Crippen molar-refractivity contribution >= 4 is 0 Å². The molecule has 7 nitrogen and oxygen atoms in total. The zero-order valence-corrected chi connectivity index (χ0v) is 20.2. The van der Waals surface area contributed by atoms with E-state index in [0.717, 1.165) is 103 Å². The third-order valence-corrected chi connectivity index (χ3v) is 5.87. The standard InChI is InChI=1S/C25H48O7/c26-23(21-27-15-7-1-3-9-17-29-24-13-5-11-19-31-24)22-28-16-8-2-4-10-18-30-25-14-6-12-20-32-25/h23-26H,1-22H2. The summed E-state index contributed by atoms with van der Waals surface area (Å²) in [5.41, 5.74) is 0. The Kier molecular flexibility index (Phi) is 17.6. The largest absolute Gasteiger partial charge is 0.388 e. The van der Waals surface area contributed by atoms with Gasteiger partial charge in [0.25, 0.3) is 0 Å². The van der Waals surface area contributed by atoms with E-state index in [1.54, 1.807) is 0 Å². The summed E-state index contributed by atoms with van der Waals surface area (Å²) >= 11 is 0. The second kappa shape index (κ2) is 20.1. The van der Waals surface area contributed by atoms with Crippen LogP contribution in [0.2, 0.25) is 0 Å². The zero-order valence-electron chi connectivity index (χ0n) is 20.2. The molecule has 32 heavy (non-hydrogen) atoms. The first kappa shape index (κ1) is 28.0. The molecule has 0 aromatic carbocycles. The molecule has 0 aliphatic carbocycles. The molecule has 2 aliphatic rings. The molecule has 1 N–H and O–H groups in total. The Morgan fingerprint density at radius 1 is 0.594 bits per heavy atom. The lowest BCUT2D eigenvalue weighted by Crippen LogP contribution is -2.22. The maximum Gasteiger partial charge on any atom is 0.157 e. The fraction of sp³-hybridized carbons (Fsp3) is 1.00. The molecular weight excluding hydrogens is 412 g/mol. The molecule has 2 fully saturated rings. The van der Waals surface area contributed by atoms with E-state index >= 15 is 0 Å². The first-order chi connectivity index (χ1) is 15.8. The second-order valence-corrected chi connectivity index (χ2v) is 8.97. The van der Waals surface area contributed by atoms with Crippen LogP contribution in [0, 0.1) is 0 Å². The molecule has 7 heteroatoms. The molecule has 0 aromatic rings. The molecule has 0 saturated carbocycles. The minimum Gasteiger partial charge on any atom is -0.388 e. The maximum absolute atomic E-state index is 9.94.